The van der Waals surface area contributed by atoms with Crippen LogP contribution in [0.1, 0.15) is 0 Å². The lowest BCUT2D eigenvalue weighted by Gasteiger charge is -2.06. The van der Waals surface area contributed by atoms with Gasteiger partial charge in [-0.2, -0.15) is 0 Å². The van der Waals surface area contributed by atoms with Crippen LogP contribution in [0.5, 0.6) is 0 Å². The molecular formula is C10H7I2N3O. The Balaban J connectivity index is 2.30. The van der Waals surface area contributed by atoms with Crippen LogP contribution in [0.4, 0.5) is 11.5 Å². The number of nitrogens with zero attached hydrogens (tertiary/aromatic N) is 1. The van der Waals surface area contributed by atoms with Crippen LogP contribution < -0.4 is 10.9 Å². The minimum Gasteiger partial charge on any atom is -0.339 e. The fourth-order valence-corrected chi connectivity index (χ4v) is 1.93. The molecule has 0 unspecified atom stereocenters. The molecule has 1 heterocycles. The molecule has 0 saturated carbocycles. The van der Waals surface area contributed by atoms with Crippen LogP contribution in [-0.2, 0) is 0 Å². The monoisotopic (exact) mass is 439 g/mol. The van der Waals surface area contributed by atoms with Crippen molar-refractivity contribution in [2.45, 2.75) is 0 Å². The second-order valence-electron chi connectivity index (χ2n) is 3.03. The van der Waals surface area contributed by atoms with Crippen molar-refractivity contribution in [3.8, 4) is 0 Å². The number of hydrogen-bond donors (Lipinski definition) is 2. The summed E-state index contributed by atoms with van der Waals surface area (Å²) < 4.78 is 1.72. The van der Waals surface area contributed by atoms with Crippen molar-refractivity contribution in [2.24, 2.45) is 0 Å². The Morgan fingerprint density at radius 1 is 1.19 bits per heavy atom. The molecule has 82 valence electrons. The average Bonchev–Trinajstić information content (AvgIpc) is 2.28. The molecule has 0 aliphatic carbocycles. The van der Waals surface area contributed by atoms with Crippen molar-refractivity contribution in [3.63, 3.8) is 0 Å². The lowest BCUT2D eigenvalue weighted by atomic mass is 10.3. The van der Waals surface area contributed by atoms with Crippen LogP contribution in [0.2, 0.25) is 0 Å². The van der Waals surface area contributed by atoms with E-state index in [1.807, 2.05) is 46.9 Å². The Morgan fingerprint density at radius 2 is 1.88 bits per heavy atom. The van der Waals surface area contributed by atoms with E-state index in [0.717, 1.165) is 9.26 Å². The first kappa shape index (κ1) is 11.8. The molecule has 1 aromatic heterocycles. The quantitative estimate of drug-likeness (QED) is 0.709. The van der Waals surface area contributed by atoms with Crippen LogP contribution in [0, 0.1) is 7.14 Å². The summed E-state index contributed by atoms with van der Waals surface area (Å²) in [7, 11) is 0. The fraction of sp³-hybridized carbons (Fsp3) is 0. The van der Waals surface area contributed by atoms with Gasteiger partial charge in [0, 0.05) is 9.26 Å². The van der Waals surface area contributed by atoms with Gasteiger partial charge >= 0.3 is 0 Å². The Kier molecular flexibility index (Phi) is 3.79. The van der Waals surface area contributed by atoms with Gasteiger partial charge in [0.2, 0.25) is 0 Å². The SMILES string of the molecule is O=c1[nH]cnc(Nc2ccc(I)cc2)c1I. The molecule has 2 aromatic rings. The molecule has 0 amide bonds. The Labute approximate surface area is 119 Å². The molecule has 0 radical (unpaired) electrons. The standard InChI is InChI=1S/C10H7I2N3O/c11-6-1-3-7(4-2-6)15-9-8(12)10(16)14-5-13-9/h1-5H,(H2,13,14,15,16). The number of H-pyrrole nitrogens is 1. The van der Waals surface area contributed by atoms with Crippen LogP contribution >= 0.6 is 45.2 Å². The van der Waals surface area contributed by atoms with E-state index in [1.165, 1.54) is 6.33 Å². The van der Waals surface area contributed by atoms with Gasteiger partial charge in [-0.1, -0.05) is 0 Å². The predicted molar refractivity (Wildman–Crippen MR) is 80.0 cm³/mol. The molecule has 0 spiro atoms. The molecule has 1 aromatic carbocycles. The predicted octanol–water partition coefficient (Wildman–Crippen LogP) is 2.72. The van der Waals surface area contributed by atoms with E-state index in [1.54, 1.807) is 0 Å². The largest absolute Gasteiger partial charge is 0.339 e. The highest BCUT2D eigenvalue weighted by molar-refractivity contribution is 14.1. The lowest BCUT2D eigenvalue weighted by Crippen LogP contribution is -2.12. The van der Waals surface area contributed by atoms with Crippen molar-refractivity contribution >= 4 is 56.7 Å². The smallest absolute Gasteiger partial charge is 0.266 e. The molecule has 0 atom stereocenters. The second-order valence-corrected chi connectivity index (χ2v) is 5.35. The number of nitrogens with one attached hydrogen (secondary N) is 2. The van der Waals surface area contributed by atoms with Gasteiger partial charge in [0.25, 0.3) is 5.56 Å². The summed E-state index contributed by atoms with van der Waals surface area (Å²) in [6, 6.07) is 7.87. The fourth-order valence-electron chi connectivity index (χ4n) is 1.14. The number of benzene rings is 1. The van der Waals surface area contributed by atoms with Gasteiger partial charge in [-0.05, 0) is 69.4 Å². The highest BCUT2D eigenvalue weighted by Crippen LogP contribution is 2.18. The molecule has 4 nitrogen and oxygen atoms in total. The summed E-state index contributed by atoms with van der Waals surface area (Å²) in [5.41, 5.74) is 0.778. The number of halogens is 2. The average molecular weight is 439 g/mol. The first-order valence-electron chi connectivity index (χ1n) is 4.42. The maximum Gasteiger partial charge on any atom is 0.266 e. The Bertz CT molecular complexity index is 551. The van der Waals surface area contributed by atoms with Gasteiger partial charge in [0.15, 0.2) is 5.82 Å². The lowest BCUT2D eigenvalue weighted by molar-refractivity contribution is 1.10. The minimum absolute atomic E-state index is 0.136. The van der Waals surface area contributed by atoms with Crippen LogP contribution in [0.25, 0.3) is 0 Å². The molecule has 16 heavy (non-hydrogen) atoms. The van der Waals surface area contributed by atoms with Gasteiger partial charge in [0.05, 0.1) is 6.33 Å². The molecule has 2 N–H and O–H groups in total. The normalized spacial score (nSPS) is 10.1. The third kappa shape index (κ3) is 2.73. The zero-order valence-electron chi connectivity index (χ0n) is 8.00. The topological polar surface area (TPSA) is 57.8 Å². The van der Waals surface area contributed by atoms with Crippen LogP contribution in [0.3, 0.4) is 0 Å². The summed E-state index contributed by atoms with van der Waals surface area (Å²) in [4.78, 5) is 17.9. The molecule has 0 aliphatic heterocycles. The summed E-state index contributed by atoms with van der Waals surface area (Å²) in [5, 5.41) is 3.10. The number of anilines is 2. The Hall–Kier alpha value is -0.640. The van der Waals surface area contributed by atoms with E-state index >= 15 is 0 Å². The van der Waals surface area contributed by atoms with E-state index in [2.05, 4.69) is 37.9 Å². The van der Waals surface area contributed by atoms with Crippen molar-refractivity contribution in [1.82, 2.24) is 9.97 Å². The first-order valence-corrected chi connectivity index (χ1v) is 6.58. The highest BCUT2D eigenvalue weighted by atomic mass is 127. The van der Waals surface area contributed by atoms with Crippen LogP contribution in [-0.4, -0.2) is 9.97 Å². The van der Waals surface area contributed by atoms with Gasteiger partial charge in [0.1, 0.15) is 3.57 Å². The van der Waals surface area contributed by atoms with Gasteiger partial charge < -0.3 is 10.3 Å². The molecule has 0 bridgehead atoms. The van der Waals surface area contributed by atoms with E-state index in [0.29, 0.717) is 9.39 Å². The first-order chi connectivity index (χ1) is 7.66. The maximum atomic E-state index is 11.3. The summed E-state index contributed by atoms with van der Waals surface area (Å²) in [6.45, 7) is 0. The van der Waals surface area contributed by atoms with E-state index in [-0.39, 0.29) is 5.56 Å². The zero-order valence-corrected chi connectivity index (χ0v) is 12.3. The number of hydrogen-bond acceptors (Lipinski definition) is 3. The molecule has 0 saturated heterocycles. The Morgan fingerprint density at radius 3 is 2.56 bits per heavy atom. The third-order valence-electron chi connectivity index (χ3n) is 1.90. The van der Waals surface area contributed by atoms with Crippen LogP contribution in [0.15, 0.2) is 35.4 Å². The number of aromatic nitrogens is 2. The number of aromatic amines is 1. The van der Waals surface area contributed by atoms with Gasteiger partial charge in [-0.25, -0.2) is 4.98 Å². The van der Waals surface area contributed by atoms with Crippen molar-refractivity contribution < 1.29 is 0 Å². The van der Waals surface area contributed by atoms with Crippen molar-refractivity contribution in [2.75, 3.05) is 5.32 Å². The number of rotatable bonds is 2. The minimum atomic E-state index is -0.136. The molecule has 2 rings (SSSR count). The molecule has 0 fully saturated rings. The van der Waals surface area contributed by atoms with Crippen molar-refractivity contribution in [1.29, 1.82) is 0 Å². The molecule has 0 aliphatic rings. The maximum absolute atomic E-state index is 11.3. The second kappa shape index (κ2) is 5.13. The summed E-state index contributed by atoms with van der Waals surface area (Å²) >= 11 is 4.21. The summed E-state index contributed by atoms with van der Waals surface area (Å²) in [5.74, 6) is 0.575. The molecule has 6 heteroatoms. The molecular weight excluding hydrogens is 432 g/mol. The van der Waals surface area contributed by atoms with E-state index in [9.17, 15) is 4.79 Å². The summed E-state index contributed by atoms with van der Waals surface area (Å²) in [6.07, 6.45) is 1.39. The van der Waals surface area contributed by atoms with E-state index in [4.69, 9.17) is 0 Å². The highest BCUT2D eigenvalue weighted by Gasteiger charge is 2.04. The van der Waals surface area contributed by atoms with Crippen molar-refractivity contribution in [3.05, 3.63) is 48.1 Å². The van der Waals surface area contributed by atoms with Gasteiger partial charge in [-0.3, -0.25) is 4.79 Å². The van der Waals surface area contributed by atoms with Gasteiger partial charge in [-0.15, -0.1) is 0 Å². The van der Waals surface area contributed by atoms with E-state index < -0.39 is 0 Å². The zero-order chi connectivity index (χ0) is 11.5. The third-order valence-corrected chi connectivity index (χ3v) is 3.62.